The van der Waals surface area contributed by atoms with Gasteiger partial charge in [-0.1, -0.05) is 48.2 Å². The van der Waals surface area contributed by atoms with E-state index in [1.54, 1.807) is 53.7 Å². The van der Waals surface area contributed by atoms with Gasteiger partial charge in [0.25, 0.3) is 5.91 Å². The fourth-order valence-electron chi connectivity index (χ4n) is 6.55. The first kappa shape index (κ1) is 38.2. The number of oxime groups is 1. The summed E-state index contributed by atoms with van der Waals surface area (Å²) in [7, 11) is 7.99. The standard InChI is InChI=1S/C41H46ClN3O9/c1-47-35-20-25(40-43-30-16-15-27(42)23-29(30)41(46)44-40)14-17-32(35)52-18-9-7-6-8-10-19-53-33-13-11-12-28(38(33)50-4)31-24-34(54-45-31)26-21-36(48-2)39(51-5)37(22-26)49-3/h11-17,20-23,34,40,43H,6-10,18-19,24H2,1-5H3,(H,44,46). The average molecular weight is 760 g/mol. The normalized spacial score (nSPS) is 15.9. The van der Waals surface area contributed by atoms with Gasteiger partial charge in [0, 0.05) is 28.3 Å². The number of anilines is 1. The third kappa shape index (κ3) is 8.65. The first-order valence-electron chi connectivity index (χ1n) is 17.9. The predicted molar refractivity (Wildman–Crippen MR) is 206 cm³/mol. The lowest BCUT2D eigenvalue weighted by atomic mass is 9.98. The second kappa shape index (κ2) is 18.0. The van der Waals surface area contributed by atoms with Gasteiger partial charge in [-0.3, -0.25) is 4.79 Å². The Morgan fingerprint density at radius 2 is 1.33 bits per heavy atom. The number of rotatable bonds is 18. The Hall–Kier alpha value is -5.49. The molecule has 0 radical (unpaired) electrons. The quantitative estimate of drug-likeness (QED) is 0.0954. The number of methoxy groups -OCH3 is 5. The average Bonchev–Trinajstić information content (AvgIpc) is 3.70. The van der Waals surface area contributed by atoms with Crippen LogP contribution in [0.4, 0.5) is 5.69 Å². The number of amides is 1. The lowest BCUT2D eigenvalue weighted by molar-refractivity contribution is 0.0853. The highest BCUT2D eigenvalue weighted by molar-refractivity contribution is 6.31. The molecule has 2 aliphatic rings. The highest BCUT2D eigenvalue weighted by Crippen LogP contribution is 2.43. The number of nitrogens with zero attached hydrogens (tertiary/aromatic N) is 1. The summed E-state index contributed by atoms with van der Waals surface area (Å²) in [6.45, 7) is 1.13. The van der Waals surface area contributed by atoms with Gasteiger partial charge in [-0.05, 0) is 73.0 Å². The summed E-state index contributed by atoms with van der Waals surface area (Å²) in [6.07, 6.45) is 4.70. The van der Waals surface area contributed by atoms with Crippen LogP contribution in [0.5, 0.6) is 40.2 Å². The number of ether oxygens (including phenoxy) is 7. The minimum atomic E-state index is -0.408. The number of halogens is 1. The van der Waals surface area contributed by atoms with Gasteiger partial charge in [0.15, 0.2) is 40.6 Å². The Balaban J connectivity index is 0.928. The van der Waals surface area contributed by atoms with Crippen molar-refractivity contribution in [3.8, 4) is 40.2 Å². The zero-order valence-electron chi connectivity index (χ0n) is 31.2. The van der Waals surface area contributed by atoms with Crippen LogP contribution in [0, 0.1) is 0 Å². The van der Waals surface area contributed by atoms with Crippen LogP contribution in [-0.2, 0) is 4.84 Å². The van der Waals surface area contributed by atoms with Crippen molar-refractivity contribution in [2.24, 2.45) is 5.16 Å². The van der Waals surface area contributed by atoms with Crippen molar-refractivity contribution in [3.63, 3.8) is 0 Å². The first-order valence-corrected chi connectivity index (χ1v) is 18.3. The zero-order chi connectivity index (χ0) is 38.0. The van der Waals surface area contributed by atoms with Crippen LogP contribution in [0.3, 0.4) is 0 Å². The lowest BCUT2D eigenvalue weighted by Gasteiger charge is -2.28. The number of para-hydroxylation sites is 1. The van der Waals surface area contributed by atoms with E-state index in [4.69, 9.17) is 49.6 Å². The molecule has 6 rings (SSSR count). The fourth-order valence-corrected chi connectivity index (χ4v) is 6.72. The van der Waals surface area contributed by atoms with E-state index >= 15 is 0 Å². The van der Waals surface area contributed by atoms with E-state index in [0.29, 0.717) is 70.5 Å². The van der Waals surface area contributed by atoms with Crippen LogP contribution in [0.1, 0.15) is 77.8 Å². The highest BCUT2D eigenvalue weighted by Gasteiger charge is 2.29. The van der Waals surface area contributed by atoms with Gasteiger partial charge in [0.1, 0.15) is 6.17 Å². The molecule has 2 aliphatic heterocycles. The smallest absolute Gasteiger partial charge is 0.255 e. The van der Waals surface area contributed by atoms with Gasteiger partial charge < -0.3 is 48.6 Å². The second-order valence-corrected chi connectivity index (χ2v) is 13.2. The van der Waals surface area contributed by atoms with Crippen molar-refractivity contribution in [2.45, 2.75) is 50.8 Å². The van der Waals surface area contributed by atoms with E-state index < -0.39 is 6.17 Å². The summed E-state index contributed by atoms with van der Waals surface area (Å²) in [5.74, 6) is 4.00. The van der Waals surface area contributed by atoms with Crippen LogP contribution >= 0.6 is 11.6 Å². The number of nitrogens with one attached hydrogen (secondary N) is 2. The molecule has 0 saturated heterocycles. The van der Waals surface area contributed by atoms with Gasteiger partial charge in [-0.15, -0.1) is 0 Å². The van der Waals surface area contributed by atoms with Crippen molar-refractivity contribution in [1.82, 2.24) is 5.32 Å². The maximum Gasteiger partial charge on any atom is 0.255 e. The molecule has 2 N–H and O–H groups in total. The van der Waals surface area contributed by atoms with Crippen molar-refractivity contribution in [2.75, 3.05) is 54.1 Å². The maximum atomic E-state index is 12.7. The molecule has 286 valence electrons. The molecule has 2 atom stereocenters. The number of hydrogen-bond donors (Lipinski definition) is 2. The Labute approximate surface area is 320 Å². The monoisotopic (exact) mass is 759 g/mol. The Bertz CT molecular complexity index is 1950. The third-order valence-corrected chi connectivity index (χ3v) is 9.58. The minimum Gasteiger partial charge on any atom is -0.493 e. The molecule has 0 aromatic heterocycles. The molecular formula is C41H46ClN3O9. The number of hydrogen-bond acceptors (Lipinski definition) is 11. The van der Waals surface area contributed by atoms with Gasteiger partial charge in [-0.25, -0.2) is 0 Å². The van der Waals surface area contributed by atoms with E-state index in [0.717, 1.165) is 60.2 Å². The Morgan fingerprint density at radius 1 is 0.667 bits per heavy atom. The van der Waals surface area contributed by atoms with Gasteiger partial charge in [0.2, 0.25) is 5.75 Å². The summed E-state index contributed by atoms with van der Waals surface area (Å²) in [4.78, 5) is 18.5. The summed E-state index contributed by atoms with van der Waals surface area (Å²) in [5.41, 5.74) is 4.53. The molecule has 2 unspecified atom stereocenters. The molecule has 4 aromatic carbocycles. The molecule has 13 heteroatoms. The predicted octanol–water partition coefficient (Wildman–Crippen LogP) is 8.51. The molecule has 0 aliphatic carbocycles. The molecule has 1 amide bonds. The first-order chi connectivity index (χ1) is 26.4. The highest BCUT2D eigenvalue weighted by atomic mass is 35.5. The number of benzene rings is 4. The van der Waals surface area contributed by atoms with E-state index in [2.05, 4.69) is 15.8 Å². The number of carbonyl (C=O) groups is 1. The summed E-state index contributed by atoms with van der Waals surface area (Å²) >= 11 is 6.07. The van der Waals surface area contributed by atoms with Crippen molar-refractivity contribution < 1.29 is 42.8 Å². The molecule has 54 heavy (non-hydrogen) atoms. The minimum absolute atomic E-state index is 0.189. The van der Waals surface area contributed by atoms with E-state index in [1.165, 1.54) is 0 Å². The second-order valence-electron chi connectivity index (χ2n) is 12.7. The molecule has 12 nitrogen and oxygen atoms in total. The fraction of sp³-hybridized carbons (Fsp3) is 0.366. The van der Waals surface area contributed by atoms with Gasteiger partial charge >= 0.3 is 0 Å². The van der Waals surface area contributed by atoms with Crippen molar-refractivity contribution in [3.05, 3.63) is 94.0 Å². The third-order valence-electron chi connectivity index (χ3n) is 9.35. The van der Waals surface area contributed by atoms with E-state index in [9.17, 15) is 4.79 Å². The number of fused-ring (bicyclic) bond motifs is 1. The van der Waals surface area contributed by atoms with Crippen LogP contribution < -0.4 is 43.8 Å². The lowest BCUT2D eigenvalue weighted by Crippen LogP contribution is -2.38. The van der Waals surface area contributed by atoms with Crippen molar-refractivity contribution in [1.29, 1.82) is 0 Å². The number of unbranched alkanes of at least 4 members (excludes halogenated alkanes) is 4. The van der Waals surface area contributed by atoms with Crippen LogP contribution in [-0.4, -0.2) is 60.4 Å². The van der Waals surface area contributed by atoms with Gasteiger partial charge in [-0.2, -0.15) is 0 Å². The molecule has 0 spiro atoms. The van der Waals surface area contributed by atoms with Gasteiger partial charge in [0.05, 0.1) is 60.0 Å². The largest absolute Gasteiger partial charge is 0.493 e. The summed E-state index contributed by atoms with van der Waals surface area (Å²) in [5, 5.41) is 11.2. The zero-order valence-corrected chi connectivity index (χ0v) is 31.9. The van der Waals surface area contributed by atoms with Crippen LogP contribution in [0.25, 0.3) is 0 Å². The molecule has 2 heterocycles. The number of carbonyl (C=O) groups excluding carboxylic acids is 1. The molecule has 0 bridgehead atoms. The maximum absolute atomic E-state index is 12.7. The molecule has 0 saturated carbocycles. The molecule has 0 fully saturated rings. The molecular weight excluding hydrogens is 714 g/mol. The molecule has 4 aromatic rings. The van der Waals surface area contributed by atoms with Crippen molar-refractivity contribution >= 4 is 28.9 Å². The van der Waals surface area contributed by atoms with Crippen LogP contribution in [0.15, 0.2) is 71.9 Å². The SMILES string of the molecule is COc1cc(C2NC(=O)c3cc(Cl)ccc3N2)ccc1OCCCCCCCOc1cccc(C2=NOC(c3cc(OC)c(OC)c(OC)c3)C2)c1OC. The van der Waals surface area contributed by atoms with Crippen LogP contribution in [0.2, 0.25) is 5.02 Å². The summed E-state index contributed by atoms with van der Waals surface area (Å²) < 4.78 is 40.2. The van der Waals surface area contributed by atoms with E-state index in [1.807, 2.05) is 48.5 Å². The van der Waals surface area contributed by atoms with E-state index in [-0.39, 0.29) is 12.0 Å². The Kier molecular flexibility index (Phi) is 12.8. The Morgan fingerprint density at radius 3 is 2.02 bits per heavy atom. The topological polar surface area (TPSA) is 127 Å². The summed E-state index contributed by atoms with van der Waals surface area (Å²) in [6, 6.07) is 20.4.